The number of aliphatic carboxylic acids is 1. The molecule has 0 unspecified atom stereocenters. The standard InChI is InChI=1S/C26H20N2O5S/c1-17(25(31)32)33-21-14-12-18(13-15-21)16-22-23(29)27(19-8-4-2-5-9-19)26(34)28(24(22)30)20-10-6-3-7-11-20/h2-17H,1H3,(H,31,32)/t17-/m1/s1. The zero-order chi connectivity index (χ0) is 24.2. The maximum absolute atomic E-state index is 13.4. The Kier molecular flexibility index (Phi) is 6.51. The van der Waals surface area contributed by atoms with Crippen LogP contribution < -0.4 is 14.5 Å². The van der Waals surface area contributed by atoms with Crippen molar-refractivity contribution in [2.75, 3.05) is 9.80 Å². The molecule has 2 amide bonds. The van der Waals surface area contributed by atoms with E-state index in [-0.39, 0.29) is 10.7 Å². The van der Waals surface area contributed by atoms with Crippen LogP contribution in [-0.4, -0.2) is 34.1 Å². The highest BCUT2D eigenvalue weighted by Crippen LogP contribution is 2.30. The van der Waals surface area contributed by atoms with Crippen molar-refractivity contribution in [2.45, 2.75) is 13.0 Å². The number of hydrogen-bond donors (Lipinski definition) is 1. The summed E-state index contributed by atoms with van der Waals surface area (Å²) < 4.78 is 5.34. The van der Waals surface area contributed by atoms with Crippen molar-refractivity contribution in [3.05, 3.63) is 96.1 Å². The molecule has 3 aromatic carbocycles. The average molecular weight is 473 g/mol. The molecule has 1 heterocycles. The number of amides is 2. The van der Waals surface area contributed by atoms with Crippen LogP contribution in [0.5, 0.6) is 5.75 Å². The second-order valence-corrected chi connectivity index (χ2v) is 7.83. The topological polar surface area (TPSA) is 87.2 Å². The number of nitrogens with zero attached hydrogens (tertiary/aromatic N) is 2. The highest BCUT2D eigenvalue weighted by Gasteiger charge is 2.41. The molecule has 1 N–H and O–H groups in total. The van der Waals surface area contributed by atoms with Crippen LogP contribution in [0.3, 0.4) is 0 Å². The number of anilines is 2. The van der Waals surface area contributed by atoms with E-state index in [1.807, 2.05) is 12.1 Å². The number of carbonyl (C=O) groups is 3. The molecule has 34 heavy (non-hydrogen) atoms. The summed E-state index contributed by atoms with van der Waals surface area (Å²) in [6, 6.07) is 24.2. The summed E-state index contributed by atoms with van der Waals surface area (Å²) in [5.41, 5.74) is 1.60. The summed E-state index contributed by atoms with van der Waals surface area (Å²) in [5.74, 6) is -1.79. The van der Waals surface area contributed by atoms with Gasteiger partial charge in [0.05, 0.1) is 11.4 Å². The zero-order valence-electron chi connectivity index (χ0n) is 18.1. The predicted molar refractivity (Wildman–Crippen MR) is 133 cm³/mol. The first kappa shape index (κ1) is 22.9. The van der Waals surface area contributed by atoms with Crippen molar-refractivity contribution < 1.29 is 24.2 Å². The van der Waals surface area contributed by atoms with E-state index in [4.69, 9.17) is 22.1 Å². The van der Waals surface area contributed by atoms with Gasteiger partial charge in [0.1, 0.15) is 11.3 Å². The van der Waals surface area contributed by atoms with Gasteiger partial charge >= 0.3 is 5.97 Å². The van der Waals surface area contributed by atoms with Crippen molar-refractivity contribution in [3.63, 3.8) is 0 Å². The van der Waals surface area contributed by atoms with E-state index >= 15 is 0 Å². The van der Waals surface area contributed by atoms with Crippen LogP contribution >= 0.6 is 12.2 Å². The molecule has 8 heteroatoms. The molecule has 0 spiro atoms. The maximum Gasteiger partial charge on any atom is 0.344 e. The third kappa shape index (κ3) is 4.57. The Morgan fingerprint density at radius 1 is 0.853 bits per heavy atom. The molecule has 170 valence electrons. The number of ether oxygens (including phenoxy) is 1. The van der Waals surface area contributed by atoms with E-state index in [1.165, 1.54) is 22.8 Å². The second-order valence-electron chi connectivity index (χ2n) is 7.46. The summed E-state index contributed by atoms with van der Waals surface area (Å²) in [4.78, 5) is 40.6. The summed E-state index contributed by atoms with van der Waals surface area (Å²) in [5, 5.41) is 9.07. The quantitative estimate of drug-likeness (QED) is 0.327. The van der Waals surface area contributed by atoms with Crippen LogP contribution in [0.25, 0.3) is 6.08 Å². The summed E-state index contributed by atoms with van der Waals surface area (Å²) in [6.07, 6.45) is 0.480. The molecular weight excluding hydrogens is 452 g/mol. The molecule has 1 saturated heterocycles. The Morgan fingerprint density at radius 2 is 1.32 bits per heavy atom. The Bertz CT molecular complexity index is 1210. The molecule has 1 aliphatic heterocycles. The van der Waals surface area contributed by atoms with Gasteiger partial charge in [-0.25, -0.2) is 4.79 Å². The molecular formula is C26H20N2O5S. The second kappa shape index (κ2) is 9.68. The van der Waals surface area contributed by atoms with Crippen LogP contribution in [-0.2, 0) is 14.4 Å². The van der Waals surface area contributed by atoms with Crippen LogP contribution in [0.15, 0.2) is 90.5 Å². The monoisotopic (exact) mass is 472 g/mol. The lowest BCUT2D eigenvalue weighted by atomic mass is 10.0. The molecule has 4 rings (SSSR count). The third-order valence-electron chi connectivity index (χ3n) is 5.13. The number of thiocarbonyl (C=S) groups is 1. The fourth-order valence-corrected chi connectivity index (χ4v) is 3.78. The number of rotatable bonds is 6. The van der Waals surface area contributed by atoms with Gasteiger partial charge in [0.25, 0.3) is 11.8 Å². The molecule has 7 nitrogen and oxygen atoms in total. The van der Waals surface area contributed by atoms with E-state index in [1.54, 1.807) is 72.8 Å². The Hall–Kier alpha value is -4.30. The van der Waals surface area contributed by atoms with Gasteiger partial charge in [-0.05, 0) is 67.2 Å². The molecule has 1 fully saturated rings. The summed E-state index contributed by atoms with van der Waals surface area (Å²) >= 11 is 5.58. The van der Waals surface area contributed by atoms with Gasteiger partial charge in [0.15, 0.2) is 11.2 Å². The first-order chi connectivity index (χ1) is 16.4. The average Bonchev–Trinajstić information content (AvgIpc) is 2.84. The van der Waals surface area contributed by atoms with E-state index in [0.717, 1.165) is 0 Å². The maximum atomic E-state index is 13.4. The van der Waals surface area contributed by atoms with Gasteiger partial charge in [-0.3, -0.25) is 19.4 Å². The first-order valence-electron chi connectivity index (χ1n) is 10.4. The van der Waals surface area contributed by atoms with Gasteiger partial charge in [0.2, 0.25) is 0 Å². The molecule has 0 bridgehead atoms. The van der Waals surface area contributed by atoms with Crippen molar-refractivity contribution in [2.24, 2.45) is 0 Å². The van der Waals surface area contributed by atoms with Gasteiger partial charge < -0.3 is 9.84 Å². The van der Waals surface area contributed by atoms with Crippen LogP contribution in [0.2, 0.25) is 0 Å². The van der Waals surface area contributed by atoms with Crippen molar-refractivity contribution >= 4 is 52.6 Å². The Labute approximate surface area is 201 Å². The molecule has 1 aliphatic rings. The number of carboxylic acid groups (broad SMARTS) is 1. The molecule has 0 aromatic heterocycles. The zero-order valence-corrected chi connectivity index (χ0v) is 18.9. The Balaban J connectivity index is 1.74. The summed E-state index contributed by atoms with van der Waals surface area (Å²) in [6.45, 7) is 1.43. The number of para-hydroxylation sites is 2. The number of hydrogen-bond acceptors (Lipinski definition) is 5. The molecule has 0 aliphatic carbocycles. The molecule has 1 atom stereocenters. The number of benzene rings is 3. The van der Waals surface area contributed by atoms with Gasteiger partial charge in [-0.1, -0.05) is 48.5 Å². The highest BCUT2D eigenvalue weighted by atomic mass is 32.1. The molecule has 0 saturated carbocycles. The molecule has 0 radical (unpaired) electrons. The largest absolute Gasteiger partial charge is 0.479 e. The van der Waals surface area contributed by atoms with Crippen molar-refractivity contribution in [1.82, 2.24) is 0 Å². The smallest absolute Gasteiger partial charge is 0.344 e. The van der Waals surface area contributed by atoms with Gasteiger partial charge in [-0.2, -0.15) is 0 Å². The van der Waals surface area contributed by atoms with E-state index in [0.29, 0.717) is 22.7 Å². The van der Waals surface area contributed by atoms with Crippen LogP contribution in [0.1, 0.15) is 12.5 Å². The normalized spacial score (nSPS) is 14.7. The SMILES string of the molecule is C[C@@H](Oc1ccc(C=C2C(=O)N(c3ccccc3)C(=S)N(c3ccccc3)C2=O)cc1)C(=O)O. The lowest BCUT2D eigenvalue weighted by molar-refractivity contribution is -0.144. The first-order valence-corrected chi connectivity index (χ1v) is 10.8. The third-order valence-corrected chi connectivity index (χ3v) is 5.50. The van der Waals surface area contributed by atoms with Crippen LogP contribution in [0, 0.1) is 0 Å². The molecule has 3 aromatic rings. The fourth-order valence-electron chi connectivity index (χ4n) is 3.40. The van der Waals surface area contributed by atoms with E-state index < -0.39 is 23.9 Å². The minimum Gasteiger partial charge on any atom is -0.479 e. The fraction of sp³-hybridized carbons (Fsp3) is 0.0769. The number of carboxylic acids is 1. The van der Waals surface area contributed by atoms with Crippen molar-refractivity contribution in [3.8, 4) is 5.75 Å². The van der Waals surface area contributed by atoms with Crippen molar-refractivity contribution in [1.29, 1.82) is 0 Å². The van der Waals surface area contributed by atoms with Gasteiger partial charge in [0, 0.05) is 0 Å². The van der Waals surface area contributed by atoms with E-state index in [2.05, 4.69) is 0 Å². The van der Waals surface area contributed by atoms with E-state index in [9.17, 15) is 14.4 Å². The Morgan fingerprint density at radius 3 is 1.76 bits per heavy atom. The predicted octanol–water partition coefficient (Wildman–Crippen LogP) is 4.29. The minimum absolute atomic E-state index is 0.0612. The lowest BCUT2D eigenvalue weighted by Gasteiger charge is -2.36. The lowest BCUT2D eigenvalue weighted by Crippen LogP contribution is -2.56. The highest BCUT2D eigenvalue weighted by molar-refractivity contribution is 7.81. The summed E-state index contributed by atoms with van der Waals surface area (Å²) in [7, 11) is 0. The number of carbonyl (C=O) groups excluding carboxylic acids is 2. The minimum atomic E-state index is -1.08. The van der Waals surface area contributed by atoms with Crippen LogP contribution in [0.4, 0.5) is 11.4 Å². The van der Waals surface area contributed by atoms with Gasteiger partial charge in [-0.15, -0.1) is 0 Å².